The molecule has 10 aromatic rings. The number of halogens is 1. The molecule has 12 N–H and O–H groups in total. The van der Waals surface area contributed by atoms with Gasteiger partial charge in [-0.15, -0.1) is 0 Å². The predicted molar refractivity (Wildman–Crippen MR) is 365 cm³/mol. The molecule has 0 unspecified atom stereocenters. The Hall–Kier alpha value is -9.89. The molecule has 1 radical (unpaired) electrons. The number of alkyl carbamates (subject to hydrolysis) is 2. The first-order chi connectivity index (χ1) is 48.2. The van der Waals surface area contributed by atoms with E-state index in [0.29, 0.717) is 114 Å². The van der Waals surface area contributed by atoms with Crippen LogP contribution in [0.5, 0.6) is 11.8 Å². The summed E-state index contributed by atoms with van der Waals surface area (Å²) in [7, 11) is -0.500. The van der Waals surface area contributed by atoms with E-state index in [0.717, 1.165) is 35.1 Å². The molecule has 0 atom stereocenters. The molecule has 499 valence electrons. The Kier molecular flexibility index (Phi) is 23.6. The third-order valence-corrected chi connectivity index (χ3v) is 17.5. The summed E-state index contributed by atoms with van der Waals surface area (Å²) in [6.45, 7) is 2.23. The van der Waals surface area contributed by atoms with E-state index >= 15 is 0 Å². The molecule has 0 saturated heterocycles. The normalized spacial score (nSPS) is 16.7. The second-order valence-corrected chi connectivity index (χ2v) is 23.5. The van der Waals surface area contributed by atoms with Crippen LogP contribution in [0.1, 0.15) is 109 Å². The molecule has 4 aliphatic carbocycles. The fourth-order valence-electron chi connectivity index (χ4n) is 12.6. The van der Waals surface area contributed by atoms with Crippen LogP contribution in [0.2, 0.25) is 0 Å². The van der Waals surface area contributed by atoms with Gasteiger partial charge in [-0.1, -0.05) is 146 Å². The number of carbonyl (C=O) groups excluding carboxylic acids is 3. The first-order valence-electron chi connectivity index (χ1n) is 33.3. The number of imidazole rings is 2. The van der Waals surface area contributed by atoms with Crippen molar-refractivity contribution in [2.75, 3.05) is 31.8 Å². The number of aromatic nitrogens is 8. The Morgan fingerprint density at radius 3 is 1.32 bits per heavy atom. The van der Waals surface area contributed by atoms with Crippen molar-refractivity contribution in [3.63, 3.8) is 0 Å². The number of carboxylic acids is 1. The average molecular weight is 1540 g/mol. The number of H-pyrrole nitrogens is 2. The van der Waals surface area contributed by atoms with Gasteiger partial charge in [-0.25, -0.2) is 19.6 Å². The van der Waals surface area contributed by atoms with Crippen molar-refractivity contribution in [3.05, 3.63) is 203 Å². The van der Waals surface area contributed by atoms with E-state index in [-0.39, 0.29) is 91.3 Å². The number of hydrogen-bond donors (Lipinski definition) is 9. The van der Waals surface area contributed by atoms with E-state index in [1.807, 2.05) is 97.1 Å². The number of fused-ring (bicyclic) bond motifs is 8. The number of rotatable bonds is 17. The fraction of sp³-hybridized carbons (Fsp3) is 0.296. The van der Waals surface area contributed by atoms with Crippen molar-refractivity contribution in [1.29, 1.82) is 2.67 Å². The average Bonchev–Trinajstić information content (AvgIpc) is 1.62. The predicted octanol–water partition coefficient (Wildman–Crippen LogP) is 10.0. The summed E-state index contributed by atoms with van der Waals surface area (Å²) < 4.78 is 49.8. The number of nitrogen functional groups attached to an aromatic ring is 2. The van der Waals surface area contributed by atoms with Crippen LogP contribution in [0, 0.1) is 42.9 Å². The number of carbonyl (C=O) groups is 4. The second-order valence-electron chi connectivity index (χ2n) is 23.5. The van der Waals surface area contributed by atoms with Gasteiger partial charge in [0.25, 0.3) is 0 Å². The van der Waals surface area contributed by atoms with Crippen molar-refractivity contribution in [1.82, 2.24) is 55.8 Å². The zero-order valence-corrected chi connectivity index (χ0v) is 57.3. The van der Waals surface area contributed by atoms with Crippen LogP contribution in [0.25, 0.3) is 44.6 Å². The van der Waals surface area contributed by atoms with Crippen LogP contribution < -0.4 is 42.6 Å². The van der Waals surface area contributed by atoms with Gasteiger partial charge in [0.1, 0.15) is 37.5 Å². The van der Waals surface area contributed by atoms with E-state index in [1.165, 1.54) is 57.2 Å². The molecule has 0 bridgehead atoms. The third kappa shape index (κ3) is 17.8. The molecule has 3 amide bonds. The van der Waals surface area contributed by atoms with E-state index in [1.54, 1.807) is 0 Å². The van der Waals surface area contributed by atoms with Gasteiger partial charge in [-0.2, -0.15) is 19.9 Å². The van der Waals surface area contributed by atoms with Crippen molar-refractivity contribution in [2.45, 2.75) is 102 Å². The topological polar surface area (TPSA) is 348 Å². The Bertz CT molecular complexity index is 4250. The summed E-state index contributed by atoms with van der Waals surface area (Å²) in [5, 5.41) is 18.0. The number of carboxylic acid groups (broad SMARTS) is 1. The maximum Gasteiger partial charge on any atom is 0.407 e. The molecule has 4 aromatic heterocycles. The molecule has 6 aromatic carbocycles. The summed E-state index contributed by atoms with van der Waals surface area (Å²) in [6.07, 6.45) is 7.69. The number of anilines is 2. The van der Waals surface area contributed by atoms with Gasteiger partial charge >= 0.3 is 18.2 Å². The molecule has 2 fully saturated rings. The van der Waals surface area contributed by atoms with Gasteiger partial charge in [0, 0.05) is 74.0 Å². The third-order valence-electron chi connectivity index (χ3n) is 17.5. The smallest absolute Gasteiger partial charge is 0.407 e. The Balaban J connectivity index is 0.000000183. The molecular formula is C71H77BFN14O9U. The SMILES string of the molecule is NCc1ccc(COc2nc(N)nc3nc[nH]c23)cc1.Nc1nc(OCc2ccc(CNC(=O)C3CCC(NC(=O)OCC4c5ccccc5-c5ccccc54)CC3)cc2)c2[nH]cnc2n1.O=C(NC1CCC(C(=O)O)CC1)OCC1c2ccccc2-c2ccccc21.[2H]CF.[3H][B][3H].[U]. The Morgan fingerprint density at radius 2 is 0.938 bits per heavy atom. The number of ether oxygens (including phenoxy) is 4. The number of amides is 3. The van der Waals surface area contributed by atoms with Crippen LogP contribution in [0.3, 0.4) is 0 Å². The number of nitrogens with one attached hydrogen (secondary N) is 5. The van der Waals surface area contributed by atoms with Crippen LogP contribution in [0.15, 0.2) is 158 Å². The van der Waals surface area contributed by atoms with Crippen LogP contribution in [-0.2, 0) is 45.4 Å². The van der Waals surface area contributed by atoms with Gasteiger partial charge in [-0.3, -0.25) is 14.0 Å². The van der Waals surface area contributed by atoms with Gasteiger partial charge in [0.05, 0.1) is 35.4 Å². The fourth-order valence-corrected chi connectivity index (χ4v) is 12.6. The number of aromatic amines is 2. The van der Waals surface area contributed by atoms with Crippen LogP contribution in [-0.4, -0.2) is 113 Å². The molecule has 4 heterocycles. The maximum absolute atomic E-state index is 12.9. The summed E-state index contributed by atoms with van der Waals surface area (Å²) in [5.74, 6) is -0.0117. The van der Waals surface area contributed by atoms with E-state index in [4.69, 9.17) is 45.3 Å². The molecular weight excluding hydrogens is 1460 g/mol. The quantitative estimate of drug-likeness (QED) is 0.0383. The van der Waals surface area contributed by atoms with Crippen LogP contribution in [0.4, 0.5) is 25.9 Å². The van der Waals surface area contributed by atoms with Gasteiger partial charge in [0.15, 0.2) is 11.3 Å². The standard InChI is InChI=1S/C35H35N7O4.C22H23NO4.C13H14N6O.CH3F.BH2.U/c36-34-41-31-30(38-20-39-31)33(42-34)45-18-22-11-9-21(10-12-22)17-37-32(43)23-13-15-24(16-14-23)40-35(44)46-19-29-27-7-3-1-5-25(27)26-6-2-4-8-28(26)29;24-21(25)14-9-11-15(12-10-14)23-22(26)27-13-20-18-7-3-1-5-16(18)17-6-2-4-8-19(17)20;14-5-8-1-3-9(4-2-8)6-20-12-10-11(17-7-16-10)18-13(15)19-12;1-2;;/h1-12,20,23-24,29H,13-19H2,(H,37,43)(H,40,44)(H3,36,38,39,41,42);1-8,14-15,20H,9-13H2,(H,23,26)(H,24,25);1-4,7H,5-6,14H2,(H3,15,16,17,18,19);1H3;1H2;/i;;;1D;1T2;. The summed E-state index contributed by atoms with van der Waals surface area (Å²) >= 11 is 0. The Labute approximate surface area is 589 Å². The minimum atomic E-state index is -1.00. The minimum Gasteiger partial charge on any atom is -0.481 e. The zero-order chi connectivity index (χ0) is 69.6. The number of nitrogens with zero attached hydrogens (tertiary/aromatic N) is 6. The molecule has 0 spiro atoms. The first-order valence-corrected chi connectivity index (χ1v) is 31.5. The first kappa shape index (κ1) is 67.1. The molecule has 97 heavy (non-hydrogen) atoms. The van der Waals surface area contributed by atoms with Crippen molar-refractivity contribution < 1.29 is 80.1 Å². The number of hydrogen-bond acceptors (Lipinski definition) is 17. The number of benzene rings is 6. The monoisotopic (exact) mass is 1540 g/mol. The molecule has 26 heteroatoms. The molecule has 14 rings (SSSR count). The van der Waals surface area contributed by atoms with Crippen LogP contribution >= 0.6 is 0 Å². The zero-order valence-electron chi connectivity index (χ0n) is 56.2. The molecule has 4 aliphatic rings. The van der Waals surface area contributed by atoms with E-state index in [9.17, 15) is 23.6 Å². The second kappa shape index (κ2) is 34.2. The van der Waals surface area contributed by atoms with E-state index < -0.39 is 25.3 Å². The molecule has 0 aliphatic heterocycles. The minimum absolute atomic E-state index is 0. The van der Waals surface area contributed by atoms with E-state index in [2.05, 4.69) is 104 Å². The maximum atomic E-state index is 12.9. The van der Waals surface area contributed by atoms with Crippen molar-refractivity contribution in [3.8, 4) is 34.0 Å². The van der Waals surface area contributed by atoms with Gasteiger partial charge in [0.2, 0.25) is 29.6 Å². The summed E-state index contributed by atoms with van der Waals surface area (Å²) in [4.78, 5) is 79.3. The number of aliphatic carboxylic acids is 1. The molecule has 23 nitrogen and oxygen atoms in total. The van der Waals surface area contributed by atoms with Crippen molar-refractivity contribution >= 4 is 66.6 Å². The molecule has 2 saturated carbocycles. The van der Waals surface area contributed by atoms with Gasteiger partial charge < -0.3 is 67.2 Å². The largest absolute Gasteiger partial charge is 0.481 e. The van der Waals surface area contributed by atoms with Gasteiger partial charge in [-0.05, 0) is 121 Å². The summed E-state index contributed by atoms with van der Waals surface area (Å²) in [5.41, 5.74) is 32.7. The number of alkyl halides is 1. The summed E-state index contributed by atoms with van der Waals surface area (Å²) in [6, 6.07) is 48.8. The number of nitrogens with two attached hydrogens (primary N) is 3. The van der Waals surface area contributed by atoms with Crippen molar-refractivity contribution in [2.24, 2.45) is 17.6 Å². The Morgan fingerprint density at radius 1 is 0.577 bits per heavy atom.